The number of hydrogen-bond donors (Lipinski definition) is 1. The first-order valence-corrected chi connectivity index (χ1v) is 7.05. The molecule has 3 nitrogen and oxygen atoms in total. The molecule has 1 aromatic rings. The van der Waals surface area contributed by atoms with Gasteiger partial charge in [0.05, 0.1) is 12.6 Å². The topological polar surface area (TPSA) is 32.3 Å². The highest BCUT2D eigenvalue weighted by molar-refractivity contribution is 9.10. The van der Waals surface area contributed by atoms with Crippen LogP contribution in [0, 0.1) is 0 Å². The zero-order valence-electron chi connectivity index (χ0n) is 9.61. The molecule has 2 rings (SSSR count). The summed E-state index contributed by atoms with van der Waals surface area (Å²) < 4.78 is 1.09. The van der Waals surface area contributed by atoms with Gasteiger partial charge in [-0.1, -0.05) is 0 Å². The van der Waals surface area contributed by atoms with Crippen LogP contribution in [-0.2, 0) is 11.3 Å². The van der Waals surface area contributed by atoms with E-state index in [1.54, 1.807) is 16.2 Å². The first-order chi connectivity index (χ1) is 7.66. The van der Waals surface area contributed by atoms with Gasteiger partial charge in [0.25, 0.3) is 0 Å². The normalized spacial score (nSPS) is 18.8. The van der Waals surface area contributed by atoms with Crippen molar-refractivity contribution in [3.8, 4) is 0 Å². The van der Waals surface area contributed by atoms with Gasteiger partial charge in [-0.05, 0) is 41.4 Å². The molecule has 0 unspecified atom stereocenters. The molecular weight excluding hydrogens is 324 g/mol. The highest BCUT2D eigenvalue weighted by atomic mass is 79.9. The summed E-state index contributed by atoms with van der Waals surface area (Å²) in [5, 5.41) is 5.27. The zero-order chi connectivity index (χ0) is 11.5. The number of likely N-dealkylation sites (N-methyl/N-ethyl adjacent to an activating group) is 1. The molecule has 1 amide bonds. The number of halogens is 2. The van der Waals surface area contributed by atoms with E-state index < -0.39 is 0 Å². The maximum Gasteiger partial charge on any atom is 0.239 e. The third-order valence-electron chi connectivity index (χ3n) is 2.75. The molecule has 0 aliphatic carbocycles. The predicted molar refractivity (Wildman–Crippen MR) is 76.8 cm³/mol. The number of carbonyl (C=O) groups excluding carboxylic acids is 1. The molecule has 1 aromatic heterocycles. The van der Waals surface area contributed by atoms with Crippen molar-refractivity contribution < 1.29 is 4.79 Å². The Morgan fingerprint density at radius 3 is 3.00 bits per heavy atom. The standard InChI is InChI=1S/C11H15BrN2OS.ClH/c1-14(6-9-5-8(12)7-16-9)11(15)10-3-2-4-13-10;/h5,7,10,13H,2-4,6H2,1H3;1H/t10-;/m0./s1. The van der Waals surface area contributed by atoms with Gasteiger partial charge in [0.1, 0.15) is 0 Å². The fraction of sp³-hybridized carbons (Fsp3) is 0.545. The molecule has 1 fully saturated rings. The lowest BCUT2D eigenvalue weighted by Gasteiger charge is -2.20. The molecule has 0 radical (unpaired) electrons. The van der Waals surface area contributed by atoms with Gasteiger partial charge < -0.3 is 10.2 Å². The van der Waals surface area contributed by atoms with Crippen molar-refractivity contribution in [2.75, 3.05) is 13.6 Å². The van der Waals surface area contributed by atoms with Crippen LogP contribution in [0.25, 0.3) is 0 Å². The third kappa shape index (κ3) is 3.95. The zero-order valence-corrected chi connectivity index (χ0v) is 12.8. The number of hydrogen-bond acceptors (Lipinski definition) is 3. The molecule has 1 atom stereocenters. The molecule has 17 heavy (non-hydrogen) atoms. The van der Waals surface area contributed by atoms with Crippen LogP contribution < -0.4 is 5.32 Å². The van der Waals surface area contributed by atoms with Crippen LogP contribution >= 0.6 is 39.7 Å². The summed E-state index contributed by atoms with van der Waals surface area (Å²) in [6.45, 7) is 1.67. The number of nitrogens with zero attached hydrogens (tertiary/aromatic N) is 1. The van der Waals surface area contributed by atoms with E-state index in [9.17, 15) is 4.79 Å². The van der Waals surface area contributed by atoms with Crippen LogP contribution in [0.5, 0.6) is 0 Å². The van der Waals surface area contributed by atoms with Gasteiger partial charge in [-0.3, -0.25) is 4.79 Å². The van der Waals surface area contributed by atoms with Crippen molar-refractivity contribution in [2.24, 2.45) is 0 Å². The molecule has 2 heterocycles. The Balaban J connectivity index is 0.00000144. The van der Waals surface area contributed by atoms with Crippen molar-refractivity contribution in [1.82, 2.24) is 10.2 Å². The van der Waals surface area contributed by atoms with Gasteiger partial charge in [0, 0.05) is 21.8 Å². The van der Waals surface area contributed by atoms with Gasteiger partial charge in [-0.2, -0.15) is 0 Å². The van der Waals surface area contributed by atoms with E-state index in [2.05, 4.69) is 27.3 Å². The van der Waals surface area contributed by atoms with Gasteiger partial charge in [-0.15, -0.1) is 23.7 Å². The molecule has 1 aliphatic heterocycles. The second kappa shape index (κ2) is 6.73. The Labute approximate surface area is 120 Å². The van der Waals surface area contributed by atoms with Crippen LogP contribution in [0.1, 0.15) is 17.7 Å². The van der Waals surface area contributed by atoms with Crippen molar-refractivity contribution in [3.05, 3.63) is 20.8 Å². The maximum absolute atomic E-state index is 12.0. The molecule has 96 valence electrons. The average molecular weight is 340 g/mol. The summed E-state index contributed by atoms with van der Waals surface area (Å²) in [5.74, 6) is 0.210. The SMILES string of the molecule is CN(Cc1cc(Br)cs1)C(=O)[C@@H]1CCCN1.Cl. The molecule has 1 saturated heterocycles. The second-order valence-electron chi connectivity index (χ2n) is 4.07. The highest BCUT2D eigenvalue weighted by Gasteiger charge is 2.24. The summed E-state index contributed by atoms with van der Waals surface area (Å²) in [7, 11) is 1.87. The Bertz CT molecular complexity index is 379. The number of amides is 1. The fourth-order valence-electron chi connectivity index (χ4n) is 1.91. The van der Waals surface area contributed by atoms with E-state index in [-0.39, 0.29) is 24.4 Å². The molecule has 1 N–H and O–H groups in total. The van der Waals surface area contributed by atoms with Gasteiger partial charge in [0.2, 0.25) is 5.91 Å². The lowest BCUT2D eigenvalue weighted by atomic mass is 10.2. The van der Waals surface area contributed by atoms with Crippen molar-refractivity contribution in [3.63, 3.8) is 0 Å². The largest absolute Gasteiger partial charge is 0.339 e. The van der Waals surface area contributed by atoms with E-state index >= 15 is 0 Å². The van der Waals surface area contributed by atoms with Crippen molar-refractivity contribution in [1.29, 1.82) is 0 Å². The first kappa shape index (κ1) is 15.0. The lowest BCUT2D eigenvalue weighted by Crippen LogP contribution is -2.41. The Hall–Kier alpha value is -0.100. The molecule has 6 heteroatoms. The van der Waals surface area contributed by atoms with E-state index in [0.29, 0.717) is 6.54 Å². The predicted octanol–water partition coefficient (Wildman–Crippen LogP) is 2.64. The quantitative estimate of drug-likeness (QED) is 0.918. The second-order valence-corrected chi connectivity index (χ2v) is 5.99. The highest BCUT2D eigenvalue weighted by Crippen LogP contribution is 2.21. The van der Waals surface area contributed by atoms with Crippen LogP contribution in [0.4, 0.5) is 0 Å². The molecule has 0 bridgehead atoms. The van der Waals surface area contributed by atoms with Crippen LogP contribution in [-0.4, -0.2) is 30.4 Å². The van der Waals surface area contributed by atoms with E-state index in [4.69, 9.17) is 0 Å². The number of rotatable bonds is 3. The maximum atomic E-state index is 12.0. The van der Waals surface area contributed by atoms with Gasteiger partial charge in [-0.25, -0.2) is 0 Å². The number of carbonyl (C=O) groups is 1. The Morgan fingerprint density at radius 1 is 1.71 bits per heavy atom. The van der Waals surface area contributed by atoms with Crippen LogP contribution in [0.15, 0.2) is 15.9 Å². The van der Waals surface area contributed by atoms with Crippen molar-refractivity contribution in [2.45, 2.75) is 25.4 Å². The molecule has 0 aromatic carbocycles. The van der Waals surface area contributed by atoms with Gasteiger partial charge in [0.15, 0.2) is 0 Å². The number of nitrogens with one attached hydrogen (secondary N) is 1. The average Bonchev–Trinajstić information content (AvgIpc) is 2.88. The van der Waals surface area contributed by atoms with E-state index in [1.165, 1.54) is 4.88 Å². The van der Waals surface area contributed by atoms with Gasteiger partial charge >= 0.3 is 0 Å². The van der Waals surface area contributed by atoms with Crippen molar-refractivity contribution >= 4 is 45.6 Å². The van der Waals surface area contributed by atoms with Crippen LogP contribution in [0.2, 0.25) is 0 Å². The summed E-state index contributed by atoms with van der Waals surface area (Å²) in [5.41, 5.74) is 0. The molecular formula is C11H16BrClN2OS. The van der Waals surface area contributed by atoms with E-state index in [1.807, 2.05) is 12.4 Å². The summed E-state index contributed by atoms with van der Waals surface area (Å²) in [6, 6.07) is 2.10. The smallest absolute Gasteiger partial charge is 0.239 e. The fourth-order valence-corrected chi connectivity index (χ4v) is 3.41. The number of thiophene rings is 1. The lowest BCUT2D eigenvalue weighted by molar-refractivity contribution is -0.132. The van der Waals surface area contributed by atoms with Crippen LogP contribution in [0.3, 0.4) is 0 Å². The summed E-state index contributed by atoms with van der Waals surface area (Å²) in [6.07, 6.45) is 2.08. The summed E-state index contributed by atoms with van der Waals surface area (Å²) in [4.78, 5) is 15.0. The Kier molecular flexibility index (Phi) is 5.92. The monoisotopic (exact) mass is 338 g/mol. The minimum absolute atomic E-state index is 0. The Morgan fingerprint density at radius 2 is 2.47 bits per heavy atom. The minimum atomic E-state index is 0. The molecule has 0 saturated carbocycles. The van der Waals surface area contributed by atoms with E-state index in [0.717, 1.165) is 23.9 Å². The minimum Gasteiger partial charge on any atom is -0.339 e. The molecule has 1 aliphatic rings. The molecule has 0 spiro atoms. The third-order valence-corrected chi connectivity index (χ3v) is 4.43. The summed E-state index contributed by atoms with van der Waals surface area (Å²) >= 11 is 5.10. The first-order valence-electron chi connectivity index (χ1n) is 5.38.